The SMILES string of the molecule is Cc1cc(NS(=O)(=O)c2cc(N)c(Br)cc2C)ccn1. The third-order valence-corrected chi connectivity index (χ3v) is 4.94. The minimum atomic E-state index is -3.68. The highest BCUT2D eigenvalue weighted by atomic mass is 79.9. The fourth-order valence-corrected chi connectivity index (χ4v) is 3.55. The molecule has 106 valence electrons. The Bertz CT molecular complexity index is 760. The van der Waals surface area contributed by atoms with Crippen molar-refractivity contribution in [3.63, 3.8) is 0 Å². The standard InChI is InChI=1S/C13H14BrN3O2S/c1-8-5-11(14)12(15)7-13(8)20(18,19)17-10-3-4-16-9(2)6-10/h3-7H,15H2,1-2H3,(H,16,17). The van der Waals surface area contributed by atoms with Crippen molar-refractivity contribution < 1.29 is 8.42 Å². The normalized spacial score (nSPS) is 11.3. The Morgan fingerprint density at radius 2 is 1.95 bits per heavy atom. The highest BCUT2D eigenvalue weighted by molar-refractivity contribution is 9.10. The van der Waals surface area contributed by atoms with E-state index < -0.39 is 10.0 Å². The second-order valence-corrected chi connectivity index (χ2v) is 6.94. The van der Waals surface area contributed by atoms with Gasteiger partial charge in [-0.1, -0.05) is 0 Å². The molecule has 0 bridgehead atoms. The molecule has 1 aromatic heterocycles. The summed E-state index contributed by atoms with van der Waals surface area (Å²) >= 11 is 3.27. The highest BCUT2D eigenvalue weighted by Gasteiger charge is 2.18. The van der Waals surface area contributed by atoms with Gasteiger partial charge in [0.05, 0.1) is 10.6 Å². The van der Waals surface area contributed by atoms with Crippen molar-refractivity contribution in [1.82, 2.24) is 4.98 Å². The predicted molar refractivity (Wildman–Crippen MR) is 83.1 cm³/mol. The van der Waals surface area contributed by atoms with E-state index in [0.717, 1.165) is 5.69 Å². The van der Waals surface area contributed by atoms with Gasteiger partial charge < -0.3 is 5.73 Å². The summed E-state index contributed by atoms with van der Waals surface area (Å²) in [4.78, 5) is 4.18. The number of nitrogens with zero attached hydrogens (tertiary/aromatic N) is 1. The molecule has 7 heteroatoms. The average Bonchev–Trinajstić information content (AvgIpc) is 2.33. The van der Waals surface area contributed by atoms with Gasteiger partial charge in [0.25, 0.3) is 10.0 Å². The zero-order chi connectivity index (χ0) is 14.9. The van der Waals surface area contributed by atoms with Gasteiger partial charge >= 0.3 is 0 Å². The first kappa shape index (κ1) is 14.8. The first-order valence-electron chi connectivity index (χ1n) is 5.81. The van der Waals surface area contributed by atoms with E-state index in [2.05, 4.69) is 25.6 Å². The van der Waals surface area contributed by atoms with Crippen LogP contribution in [0.1, 0.15) is 11.3 Å². The molecule has 5 nitrogen and oxygen atoms in total. The number of benzene rings is 1. The van der Waals surface area contributed by atoms with Gasteiger partial charge in [-0.05, 0) is 59.6 Å². The van der Waals surface area contributed by atoms with Gasteiger partial charge in [0.15, 0.2) is 0 Å². The molecule has 1 aromatic carbocycles. The van der Waals surface area contributed by atoms with Crippen molar-refractivity contribution in [3.8, 4) is 0 Å². The van der Waals surface area contributed by atoms with Crippen molar-refractivity contribution in [3.05, 3.63) is 46.2 Å². The second-order valence-electron chi connectivity index (χ2n) is 4.43. The lowest BCUT2D eigenvalue weighted by Gasteiger charge is -2.12. The van der Waals surface area contributed by atoms with Gasteiger partial charge in [0, 0.05) is 22.1 Å². The van der Waals surface area contributed by atoms with E-state index >= 15 is 0 Å². The molecule has 0 aliphatic carbocycles. The van der Waals surface area contributed by atoms with Gasteiger partial charge in [0.2, 0.25) is 0 Å². The number of halogens is 1. The summed E-state index contributed by atoms with van der Waals surface area (Å²) in [6.45, 7) is 3.51. The van der Waals surface area contributed by atoms with Gasteiger partial charge in [0.1, 0.15) is 0 Å². The van der Waals surface area contributed by atoms with Crippen LogP contribution < -0.4 is 10.5 Å². The van der Waals surface area contributed by atoms with E-state index in [-0.39, 0.29) is 4.90 Å². The van der Waals surface area contributed by atoms with Crippen LogP contribution >= 0.6 is 15.9 Å². The summed E-state index contributed by atoms with van der Waals surface area (Å²) in [6.07, 6.45) is 1.55. The lowest BCUT2D eigenvalue weighted by molar-refractivity contribution is 0.600. The van der Waals surface area contributed by atoms with Crippen molar-refractivity contribution >= 4 is 37.3 Å². The van der Waals surface area contributed by atoms with Crippen LogP contribution in [0.2, 0.25) is 0 Å². The molecule has 0 aliphatic heterocycles. The first-order chi connectivity index (χ1) is 9.29. The molecular weight excluding hydrogens is 342 g/mol. The fraction of sp³-hybridized carbons (Fsp3) is 0.154. The van der Waals surface area contributed by atoms with Crippen molar-refractivity contribution in [1.29, 1.82) is 0 Å². The molecule has 0 spiro atoms. The maximum absolute atomic E-state index is 12.4. The number of pyridine rings is 1. The molecule has 3 N–H and O–H groups in total. The van der Waals surface area contributed by atoms with Crippen LogP contribution in [-0.2, 0) is 10.0 Å². The molecule has 0 aliphatic rings. The third-order valence-electron chi connectivity index (χ3n) is 2.73. The smallest absolute Gasteiger partial charge is 0.262 e. The highest BCUT2D eigenvalue weighted by Crippen LogP contribution is 2.27. The van der Waals surface area contributed by atoms with E-state index in [1.54, 1.807) is 38.2 Å². The molecule has 0 atom stereocenters. The summed E-state index contributed by atoms with van der Waals surface area (Å²) in [6, 6.07) is 6.38. The van der Waals surface area contributed by atoms with Crippen LogP contribution in [0, 0.1) is 13.8 Å². The van der Waals surface area contributed by atoms with Crippen LogP contribution in [0.5, 0.6) is 0 Å². The Labute approximate surface area is 126 Å². The van der Waals surface area contributed by atoms with E-state index in [9.17, 15) is 8.42 Å². The minimum absolute atomic E-state index is 0.160. The van der Waals surface area contributed by atoms with E-state index in [1.165, 1.54) is 6.07 Å². The predicted octanol–water partition coefficient (Wildman–Crippen LogP) is 2.84. The quantitative estimate of drug-likeness (QED) is 0.829. The number of hydrogen-bond acceptors (Lipinski definition) is 4. The molecule has 0 radical (unpaired) electrons. The monoisotopic (exact) mass is 355 g/mol. The maximum Gasteiger partial charge on any atom is 0.262 e. The summed E-state index contributed by atoms with van der Waals surface area (Å²) in [5, 5.41) is 0. The van der Waals surface area contributed by atoms with Crippen LogP contribution in [0.15, 0.2) is 39.8 Å². The number of nitrogen functional groups attached to an aromatic ring is 1. The van der Waals surface area contributed by atoms with E-state index in [0.29, 0.717) is 21.4 Å². The Hall–Kier alpha value is -1.60. The average molecular weight is 356 g/mol. The van der Waals surface area contributed by atoms with Gasteiger partial charge in [-0.3, -0.25) is 9.71 Å². The molecule has 0 unspecified atom stereocenters. The molecule has 1 heterocycles. The zero-order valence-electron chi connectivity index (χ0n) is 11.0. The van der Waals surface area contributed by atoms with Crippen molar-refractivity contribution in [2.24, 2.45) is 0 Å². The lowest BCUT2D eigenvalue weighted by Crippen LogP contribution is -2.15. The number of anilines is 2. The van der Waals surface area contributed by atoms with Gasteiger partial charge in [-0.15, -0.1) is 0 Å². The van der Waals surface area contributed by atoms with Crippen molar-refractivity contribution in [2.45, 2.75) is 18.7 Å². The molecule has 2 rings (SSSR count). The van der Waals surface area contributed by atoms with Gasteiger partial charge in [-0.2, -0.15) is 0 Å². The van der Waals surface area contributed by atoms with Crippen LogP contribution in [-0.4, -0.2) is 13.4 Å². The molecule has 0 saturated heterocycles. The molecule has 0 amide bonds. The van der Waals surface area contributed by atoms with E-state index in [4.69, 9.17) is 5.73 Å². The molecule has 0 saturated carbocycles. The first-order valence-corrected chi connectivity index (χ1v) is 8.08. The molecule has 0 fully saturated rings. The summed E-state index contributed by atoms with van der Waals surface area (Å²) in [7, 11) is -3.68. The lowest BCUT2D eigenvalue weighted by atomic mass is 10.2. The Kier molecular flexibility index (Phi) is 4.01. The Morgan fingerprint density at radius 1 is 1.25 bits per heavy atom. The molecule has 20 heavy (non-hydrogen) atoms. The number of rotatable bonds is 3. The molecule has 2 aromatic rings. The topological polar surface area (TPSA) is 85.1 Å². The van der Waals surface area contributed by atoms with Crippen LogP contribution in [0.25, 0.3) is 0 Å². The maximum atomic E-state index is 12.4. The number of sulfonamides is 1. The second kappa shape index (κ2) is 5.41. The summed E-state index contributed by atoms with van der Waals surface area (Å²) < 4.78 is 28.0. The number of nitrogens with one attached hydrogen (secondary N) is 1. The van der Waals surface area contributed by atoms with Crippen molar-refractivity contribution in [2.75, 3.05) is 10.5 Å². The minimum Gasteiger partial charge on any atom is -0.398 e. The Morgan fingerprint density at radius 3 is 2.60 bits per heavy atom. The van der Waals surface area contributed by atoms with Crippen LogP contribution in [0.4, 0.5) is 11.4 Å². The molecular formula is C13H14BrN3O2S. The number of nitrogens with two attached hydrogens (primary N) is 1. The summed E-state index contributed by atoms with van der Waals surface area (Å²) in [5.74, 6) is 0. The van der Waals surface area contributed by atoms with E-state index in [1.807, 2.05) is 0 Å². The number of aromatic nitrogens is 1. The fourth-order valence-electron chi connectivity index (χ4n) is 1.78. The zero-order valence-corrected chi connectivity index (χ0v) is 13.4. The number of aryl methyl sites for hydroxylation is 2. The Balaban J connectivity index is 2.43. The third kappa shape index (κ3) is 3.10. The number of hydrogen-bond donors (Lipinski definition) is 2. The largest absolute Gasteiger partial charge is 0.398 e. The van der Waals surface area contributed by atoms with Gasteiger partial charge in [-0.25, -0.2) is 8.42 Å². The summed E-state index contributed by atoms with van der Waals surface area (Å²) in [5.41, 5.74) is 7.95. The van der Waals surface area contributed by atoms with Crippen LogP contribution in [0.3, 0.4) is 0 Å².